The number of halogens is 2. The van der Waals surface area contributed by atoms with Gasteiger partial charge in [0, 0.05) is 30.0 Å². The van der Waals surface area contributed by atoms with Gasteiger partial charge in [0.2, 0.25) is 0 Å². The van der Waals surface area contributed by atoms with Gasteiger partial charge in [0.15, 0.2) is 0 Å². The molecule has 2 rings (SSSR count). The lowest BCUT2D eigenvalue weighted by Crippen LogP contribution is -1.94. The van der Waals surface area contributed by atoms with E-state index in [4.69, 9.17) is 0 Å². The minimum atomic E-state index is 0. The van der Waals surface area contributed by atoms with Gasteiger partial charge < -0.3 is 5.32 Å². The first-order valence-corrected chi connectivity index (χ1v) is 4.46. The van der Waals surface area contributed by atoms with Crippen molar-refractivity contribution in [3.63, 3.8) is 0 Å². The number of hydrogen-bond acceptors (Lipinski definition) is 2. The molecule has 1 N–H and O–H groups in total. The third kappa shape index (κ3) is 3.03. The van der Waals surface area contributed by atoms with E-state index in [9.17, 15) is 0 Å². The molecule has 1 fully saturated rings. The normalized spacial score (nSPS) is 13.9. The fraction of sp³-hybridized carbons (Fsp3) is 0.500. The molecule has 0 aromatic carbocycles. The number of nitrogens with one attached hydrogen (secondary N) is 1. The summed E-state index contributed by atoms with van der Waals surface area (Å²) >= 11 is 0. The molecule has 0 radical (unpaired) electrons. The lowest BCUT2D eigenvalue weighted by atomic mass is 10.2. The third-order valence-electron chi connectivity index (χ3n) is 2.26. The first-order chi connectivity index (χ1) is 5.79. The summed E-state index contributed by atoms with van der Waals surface area (Å²) in [6.45, 7) is 2.05. The standard InChI is InChI=1S/C10H14N2.2ClH/c1-7-5-9(11-2)6-10(12-7)8-3-4-8;;/h5-6,8H,3-4H2,1-2H3,(H,11,12);2*1H. The average molecular weight is 235 g/mol. The molecule has 0 atom stereocenters. The molecule has 0 aliphatic heterocycles. The Morgan fingerprint density at radius 1 is 1.29 bits per heavy atom. The van der Waals surface area contributed by atoms with Crippen LogP contribution in [0.15, 0.2) is 12.1 Å². The Bertz CT molecular complexity index is 298. The van der Waals surface area contributed by atoms with E-state index in [1.54, 1.807) is 0 Å². The van der Waals surface area contributed by atoms with E-state index in [2.05, 4.69) is 22.4 Å². The number of pyridine rings is 1. The molecule has 1 aromatic heterocycles. The molecule has 0 amide bonds. The number of aromatic nitrogens is 1. The first kappa shape index (κ1) is 13.5. The molecule has 1 aliphatic rings. The van der Waals surface area contributed by atoms with Gasteiger partial charge in [-0.3, -0.25) is 4.98 Å². The van der Waals surface area contributed by atoms with Gasteiger partial charge in [-0.05, 0) is 31.9 Å². The molecule has 0 unspecified atom stereocenters. The summed E-state index contributed by atoms with van der Waals surface area (Å²) < 4.78 is 0. The predicted molar refractivity (Wildman–Crippen MR) is 65.0 cm³/mol. The molecule has 80 valence electrons. The van der Waals surface area contributed by atoms with Crippen LogP contribution >= 0.6 is 24.8 Å². The van der Waals surface area contributed by atoms with Gasteiger partial charge in [-0.1, -0.05) is 0 Å². The summed E-state index contributed by atoms with van der Waals surface area (Å²) in [6.07, 6.45) is 2.64. The smallest absolute Gasteiger partial charge is 0.0458 e. The lowest BCUT2D eigenvalue weighted by Gasteiger charge is -2.04. The summed E-state index contributed by atoms with van der Waals surface area (Å²) in [5, 5.41) is 3.15. The van der Waals surface area contributed by atoms with Crippen molar-refractivity contribution in [1.82, 2.24) is 4.98 Å². The van der Waals surface area contributed by atoms with Crippen LogP contribution in [0.2, 0.25) is 0 Å². The summed E-state index contributed by atoms with van der Waals surface area (Å²) in [5.74, 6) is 0.747. The number of nitrogens with zero attached hydrogens (tertiary/aromatic N) is 1. The van der Waals surface area contributed by atoms with Crippen LogP contribution in [0.4, 0.5) is 5.69 Å². The molecule has 1 aromatic rings. The Morgan fingerprint density at radius 3 is 2.43 bits per heavy atom. The van der Waals surface area contributed by atoms with Crippen molar-refractivity contribution in [2.75, 3.05) is 12.4 Å². The van der Waals surface area contributed by atoms with Gasteiger partial charge in [-0.2, -0.15) is 0 Å². The second-order valence-corrected chi connectivity index (χ2v) is 3.45. The fourth-order valence-corrected chi connectivity index (χ4v) is 1.43. The van der Waals surface area contributed by atoms with Crippen LogP contribution in [0.1, 0.15) is 30.1 Å². The average Bonchev–Trinajstić information content (AvgIpc) is 2.85. The van der Waals surface area contributed by atoms with E-state index >= 15 is 0 Å². The van der Waals surface area contributed by atoms with Crippen molar-refractivity contribution in [2.45, 2.75) is 25.7 Å². The van der Waals surface area contributed by atoms with Gasteiger partial charge in [0.25, 0.3) is 0 Å². The summed E-state index contributed by atoms with van der Waals surface area (Å²) in [5.41, 5.74) is 3.56. The Morgan fingerprint density at radius 2 is 1.93 bits per heavy atom. The Labute approximate surface area is 97.3 Å². The van der Waals surface area contributed by atoms with Crippen molar-refractivity contribution >= 4 is 30.5 Å². The van der Waals surface area contributed by atoms with Crippen molar-refractivity contribution < 1.29 is 0 Å². The molecule has 1 saturated carbocycles. The second-order valence-electron chi connectivity index (χ2n) is 3.45. The summed E-state index contributed by atoms with van der Waals surface area (Å²) in [6, 6.07) is 4.23. The zero-order valence-corrected chi connectivity index (χ0v) is 10.0. The van der Waals surface area contributed by atoms with Gasteiger partial charge in [0.1, 0.15) is 0 Å². The molecule has 0 bridgehead atoms. The van der Waals surface area contributed by atoms with Crippen LogP contribution in [0.25, 0.3) is 0 Å². The van der Waals surface area contributed by atoms with Gasteiger partial charge in [-0.25, -0.2) is 0 Å². The summed E-state index contributed by atoms with van der Waals surface area (Å²) in [4.78, 5) is 4.50. The Hall–Kier alpha value is -0.470. The topological polar surface area (TPSA) is 24.9 Å². The van der Waals surface area contributed by atoms with Crippen LogP contribution in [0, 0.1) is 6.92 Å². The lowest BCUT2D eigenvalue weighted by molar-refractivity contribution is 0.995. The van der Waals surface area contributed by atoms with Crippen molar-refractivity contribution in [1.29, 1.82) is 0 Å². The maximum atomic E-state index is 4.50. The number of rotatable bonds is 2. The third-order valence-corrected chi connectivity index (χ3v) is 2.26. The van der Waals surface area contributed by atoms with E-state index < -0.39 is 0 Å². The van der Waals surface area contributed by atoms with Gasteiger partial charge in [-0.15, -0.1) is 24.8 Å². The second kappa shape index (κ2) is 5.42. The molecule has 4 heteroatoms. The molecule has 2 nitrogen and oxygen atoms in total. The van der Waals surface area contributed by atoms with E-state index in [1.807, 2.05) is 14.0 Å². The van der Waals surface area contributed by atoms with Gasteiger partial charge >= 0.3 is 0 Å². The molecular weight excluding hydrogens is 219 g/mol. The van der Waals surface area contributed by atoms with Gasteiger partial charge in [0.05, 0.1) is 0 Å². The highest BCUT2D eigenvalue weighted by Gasteiger charge is 2.25. The molecule has 1 aliphatic carbocycles. The number of hydrogen-bond donors (Lipinski definition) is 1. The monoisotopic (exact) mass is 234 g/mol. The zero-order valence-electron chi connectivity index (χ0n) is 8.41. The minimum Gasteiger partial charge on any atom is -0.388 e. The van der Waals surface area contributed by atoms with E-state index in [1.165, 1.54) is 24.2 Å². The maximum Gasteiger partial charge on any atom is 0.0458 e. The number of aryl methyl sites for hydroxylation is 1. The molecule has 14 heavy (non-hydrogen) atoms. The fourth-order valence-electron chi connectivity index (χ4n) is 1.43. The maximum absolute atomic E-state index is 4.50. The molecule has 0 saturated heterocycles. The Kier molecular flexibility index (Phi) is 5.24. The van der Waals surface area contributed by atoms with Crippen molar-refractivity contribution in [3.05, 3.63) is 23.5 Å². The van der Waals surface area contributed by atoms with Crippen LogP contribution < -0.4 is 5.32 Å². The minimum absolute atomic E-state index is 0. The molecule has 0 spiro atoms. The van der Waals surface area contributed by atoms with E-state index in [-0.39, 0.29) is 24.8 Å². The quantitative estimate of drug-likeness (QED) is 0.851. The van der Waals surface area contributed by atoms with Crippen molar-refractivity contribution in [3.8, 4) is 0 Å². The van der Waals surface area contributed by atoms with Crippen LogP contribution in [-0.4, -0.2) is 12.0 Å². The summed E-state index contributed by atoms with van der Waals surface area (Å²) in [7, 11) is 1.95. The zero-order chi connectivity index (χ0) is 8.55. The highest BCUT2D eigenvalue weighted by atomic mass is 35.5. The highest BCUT2D eigenvalue weighted by molar-refractivity contribution is 5.85. The molecular formula is C10H16Cl2N2. The van der Waals surface area contributed by atoms with Crippen LogP contribution in [0.5, 0.6) is 0 Å². The molecule has 1 heterocycles. The number of anilines is 1. The SMILES string of the molecule is CNc1cc(C)nc(C2CC2)c1.Cl.Cl. The van der Waals surface area contributed by atoms with Crippen molar-refractivity contribution in [2.24, 2.45) is 0 Å². The van der Waals surface area contributed by atoms with Crippen LogP contribution in [0.3, 0.4) is 0 Å². The predicted octanol–water partition coefficient (Wildman–Crippen LogP) is 3.15. The first-order valence-electron chi connectivity index (χ1n) is 4.46. The Balaban J connectivity index is 0.000000845. The highest BCUT2D eigenvalue weighted by Crippen LogP contribution is 2.39. The van der Waals surface area contributed by atoms with E-state index in [0.717, 1.165) is 11.6 Å². The largest absolute Gasteiger partial charge is 0.388 e. The van der Waals surface area contributed by atoms with Crippen LogP contribution in [-0.2, 0) is 0 Å². The van der Waals surface area contributed by atoms with E-state index in [0.29, 0.717) is 0 Å².